The molecule has 2 heterocycles. The molecule has 1 aliphatic heterocycles. The van der Waals surface area contributed by atoms with E-state index in [1.165, 1.54) is 0 Å². The molecule has 19 heavy (non-hydrogen) atoms. The Bertz CT molecular complexity index is 507. The molecular formula is C13H20N4O2. The number of hydrogen-bond acceptors (Lipinski definition) is 5. The molecule has 104 valence electrons. The zero-order valence-electron chi connectivity index (χ0n) is 10.9. The van der Waals surface area contributed by atoms with E-state index >= 15 is 0 Å². The van der Waals surface area contributed by atoms with Gasteiger partial charge in [-0.1, -0.05) is 0 Å². The largest absolute Gasteiger partial charge is 0.393 e. The van der Waals surface area contributed by atoms with Crippen LogP contribution in [0, 0.1) is 5.41 Å². The molecule has 1 aromatic rings. The standard InChI is InChI=1S/C13H20N4O2/c14-10-7-9(18)8-13(10)1-5-17(6-2-13)11-12(19)16-4-3-15-11/h3-4,9-10,18H,1-2,5-8,14H2,(H,16,19). The molecule has 6 nitrogen and oxygen atoms in total. The summed E-state index contributed by atoms with van der Waals surface area (Å²) in [7, 11) is 0. The molecule has 4 N–H and O–H groups in total. The number of piperidine rings is 1. The van der Waals surface area contributed by atoms with Crippen molar-refractivity contribution in [3.05, 3.63) is 22.7 Å². The Hall–Kier alpha value is -1.40. The highest BCUT2D eigenvalue weighted by Gasteiger charge is 2.46. The van der Waals surface area contributed by atoms with Crippen molar-refractivity contribution in [3.8, 4) is 0 Å². The fraction of sp³-hybridized carbons (Fsp3) is 0.692. The maximum atomic E-state index is 11.7. The first-order valence-electron chi connectivity index (χ1n) is 6.83. The zero-order valence-corrected chi connectivity index (χ0v) is 10.9. The van der Waals surface area contributed by atoms with Crippen molar-refractivity contribution < 1.29 is 5.11 Å². The van der Waals surface area contributed by atoms with Gasteiger partial charge in [0.2, 0.25) is 0 Å². The second-order valence-electron chi connectivity index (χ2n) is 5.79. The first-order chi connectivity index (χ1) is 9.11. The number of hydrogen-bond donors (Lipinski definition) is 3. The average Bonchev–Trinajstić information content (AvgIpc) is 2.66. The average molecular weight is 264 g/mol. The molecule has 2 unspecified atom stereocenters. The SMILES string of the molecule is NC1CC(O)CC12CCN(c1ncc[nH]c1=O)CC2. The Morgan fingerprint density at radius 3 is 2.79 bits per heavy atom. The van der Waals surface area contributed by atoms with Gasteiger partial charge in [0.1, 0.15) is 0 Å². The van der Waals surface area contributed by atoms with Gasteiger partial charge in [-0.3, -0.25) is 4.79 Å². The topological polar surface area (TPSA) is 95.2 Å². The lowest BCUT2D eigenvalue weighted by molar-refractivity contribution is 0.141. The van der Waals surface area contributed by atoms with Gasteiger partial charge >= 0.3 is 0 Å². The number of aliphatic hydroxyl groups excluding tert-OH is 1. The summed E-state index contributed by atoms with van der Waals surface area (Å²) in [5, 5.41) is 9.78. The van der Waals surface area contributed by atoms with E-state index < -0.39 is 0 Å². The minimum atomic E-state index is -0.264. The van der Waals surface area contributed by atoms with Crippen LogP contribution in [0.1, 0.15) is 25.7 Å². The number of aliphatic hydroxyl groups is 1. The number of nitrogens with one attached hydrogen (secondary N) is 1. The molecule has 2 fully saturated rings. The van der Waals surface area contributed by atoms with E-state index in [-0.39, 0.29) is 23.1 Å². The van der Waals surface area contributed by atoms with Crippen LogP contribution >= 0.6 is 0 Å². The number of nitrogens with zero attached hydrogens (tertiary/aromatic N) is 2. The lowest BCUT2D eigenvalue weighted by Crippen LogP contribution is -2.48. The third-order valence-electron chi connectivity index (χ3n) is 4.70. The molecular weight excluding hydrogens is 244 g/mol. The summed E-state index contributed by atoms with van der Waals surface area (Å²) in [5.74, 6) is 0.490. The Morgan fingerprint density at radius 1 is 1.47 bits per heavy atom. The molecule has 0 bridgehead atoms. The Balaban J connectivity index is 1.74. The lowest BCUT2D eigenvalue weighted by atomic mass is 9.74. The van der Waals surface area contributed by atoms with Gasteiger partial charge in [0.05, 0.1) is 6.10 Å². The van der Waals surface area contributed by atoms with Gasteiger partial charge in [0.15, 0.2) is 5.82 Å². The maximum absolute atomic E-state index is 11.7. The fourth-order valence-electron chi connectivity index (χ4n) is 3.56. The van der Waals surface area contributed by atoms with Gasteiger partial charge in [-0.05, 0) is 31.1 Å². The van der Waals surface area contributed by atoms with Gasteiger partial charge in [0.25, 0.3) is 5.56 Å². The third-order valence-corrected chi connectivity index (χ3v) is 4.70. The van der Waals surface area contributed by atoms with E-state index in [0.29, 0.717) is 12.2 Å². The number of anilines is 1. The molecule has 0 amide bonds. The summed E-state index contributed by atoms with van der Waals surface area (Å²) in [5.41, 5.74) is 6.10. The number of rotatable bonds is 1. The van der Waals surface area contributed by atoms with Crippen molar-refractivity contribution in [2.75, 3.05) is 18.0 Å². The van der Waals surface area contributed by atoms with E-state index in [1.807, 2.05) is 4.90 Å². The van der Waals surface area contributed by atoms with Gasteiger partial charge in [-0.25, -0.2) is 4.98 Å². The van der Waals surface area contributed by atoms with Crippen LogP contribution < -0.4 is 16.2 Å². The predicted octanol–water partition coefficient (Wildman–Crippen LogP) is -0.162. The minimum Gasteiger partial charge on any atom is -0.393 e. The van der Waals surface area contributed by atoms with Gasteiger partial charge in [-0.2, -0.15) is 0 Å². The van der Waals surface area contributed by atoms with Crippen LogP contribution in [0.2, 0.25) is 0 Å². The molecule has 1 aromatic heterocycles. The van der Waals surface area contributed by atoms with E-state index in [0.717, 1.165) is 32.4 Å². The lowest BCUT2D eigenvalue weighted by Gasteiger charge is -2.42. The van der Waals surface area contributed by atoms with Crippen LogP contribution in [-0.4, -0.2) is 40.3 Å². The van der Waals surface area contributed by atoms with Crippen molar-refractivity contribution >= 4 is 5.82 Å². The van der Waals surface area contributed by atoms with Crippen LogP contribution in [0.15, 0.2) is 17.2 Å². The zero-order chi connectivity index (χ0) is 13.5. The summed E-state index contributed by atoms with van der Waals surface area (Å²) >= 11 is 0. The minimum absolute atomic E-state index is 0.0530. The normalized spacial score (nSPS) is 29.9. The highest BCUT2D eigenvalue weighted by Crippen LogP contribution is 2.45. The Kier molecular flexibility index (Phi) is 3.06. The second-order valence-corrected chi connectivity index (χ2v) is 5.79. The number of aromatic amines is 1. The van der Waals surface area contributed by atoms with Crippen LogP contribution in [0.3, 0.4) is 0 Å². The van der Waals surface area contributed by atoms with Crippen LogP contribution in [0.25, 0.3) is 0 Å². The van der Waals surface area contributed by atoms with E-state index in [1.54, 1.807) is 12.4 Å². The highest BCUT2D eigenvalue weighted by molar-refractivity contribution is 5.36. The molecule has 1 spiro atoms. The van der Waals surface area contributed by atoms with Crippen molar-refractivity contribution in [1.82, 2.24) is 9.97 Å². The van der Waals surface area contributed by atoms with Crippen molar-refractivity contribution in [2.24, 2.45) is 11.1 Å². The van der Waals surface area contributed by atoms with E-state index in [2.05, 4.69) is 9.97 Å². The molecule has 1 saturated carbocycles. The molecule has 2 atom stereocenters. The highest BCUT2D eigenvalue weighted by atomic mass is 16.3. The van der Waals surface area contributed by atoms with Gasteiger partial charge in [-0.15, -0.1) is 0 Å². The summed E-state index contributed by atoms with van der Waals surface area (Å²) in [4.78, 5) is 20.5. The molecule has 0 radical (unpaired) electrons. The summed E-state index contributed by atoms with van der Waals surface area (Å²) < 4.78 is 0. The number of aromatic nitrogens is 2. The molecule has 1 aliphatic carbocycles. The second kappa shape index (κ2) is 4.61. The van der Waals surface area contributed by atoms with Crippen LogP contribution in [0.5, 0.6) is 0 Å². The Morgan fingerprint density at radius 2 is 2.21 bits per heavy atom. The number of H-pyrrole nitrogens is 1. The van der Waals surface area contributed by atoms with Crippen molar-refractivity contribution in [3.63, 3.8) is 0 Å². The van der Waals surface area contributed by atoms with Gasteiger partial charge < -0.3 is 20.7 Å². The number of nitrogens with two attached hydrogens (primary N) is 1. The molecule has 3 rings (SSSR count). The third kappa shape index (κ3) is 2.15. The van der Waals surface area contributed by atoms with Crippen molar-refractivity contribution in [1.29, 1.82) is 0 Å². The van der Waals surface area contributed by atoms with E-state index in [9.17, 15) is 9.90 Å². The first kappa shape index (κ1) is 12.6. The van der Waals surface area contributed by atoms with Crippen LogP contribution in [-0.2, 0) is 0 Å². The quantitative estimate of drug-likeness (QED) is 0.655. The molecule has 0 aromatic carbocycles. The molecule has 2 aliphatic rings. The van der Waals surface area contributed by atoms with Crippen molar-refractivity contribution in [2.45, 2.75) is 37.8 Å². The molecule has 1 saturated heterocycles. The van der Waals surface area contributed by atoms with Gasteiger partial charge in [0, 0.05) is 31.5 Å². The predicted molar refractivity (Wildman–Crippen MR) is 72.0 cm³/mol. The smallest absolute Gasteiger partial charge is 0.290 e. The Labute approximate surface area is 111 Å². The summed E-state index contributed by atoms with van der Waals surface area (Å²) in [6, 6.07) is 0.0756. The van der Waals surface area contributed by atoms with E-state index in [4.69, 9.17) is 5.73 Å². The summed E-state index contributed by atoms with van der Waals surface area (Å²) in [6.45, 7) is 1.56. The summed E-state index contributed by atoms with van der Waals surface area (Å²) in [6.07, 6.45) is 6.21. The maximum Gasteiger partial charge on any atom is 0.290 e. The first-order valence-corrected chi connectivity index (χ1v) is 6.83. The fourth-order valence-corrected chi connectivity index (χ4v) is 3.56. The van der Waals surface area contributed by atoms with Crippen LogP contribution in [0.4, 0.5) is 5.82 Å². The molecule has 6 heteroatoms. The monoisotopic (exact) mass is 264 g/mol.